The number of hydrogen-bond acceptors (Lipinski definition) is 3. The Bertz CT molecular complexity index is 422. The van der Waals surface area contributed by atoms with Crippen molar-refractivity contribution in [3.05, 3.63) is 35.4 Å². The number of rotatable bonds is 4. The van der Waals surface area contributed by atoms with E-state index in [9.17, 15) is 0 Å². The third kappa shape index (κ3) is 3.10. The van der Waals surface area contributed by atoms with E-state index in [1.165, 1.54) is 11.1 Å². The predicted octanol–water partition coefficient (Wildman–Crippen LogP) is 2.50. The van der Waals surface area contributed by atoms with Gasteiger partial charge in [-0.1, -0.05) is 31.2 Å². The van der Waals surface area contributed by atoms with E-state index in [2.05, 4.69) is 47.9 Å². The van der Waals surface area contributed by atoms with Gasteiger partial charge in [0.05, 0.1) is 12.5 Å². The van der Waals surface area contributed by atoms with E-state index in [-0.39, 0.29) is 0 Å². The van der Waals surface area contributed by atoms with Crippen molar-refractivity contribution in [1.82, 2.24) is 10.6 Å². The molecule has 96 valence electrons. The summed E-state index contributed by atoms with van der Waals surface area (Å²) in [6.07, 6.45) is 2.67. The average molecular weight is 243 g/mol. The van der Waals surface area contributed by atoms with E-state index in [1.54, 1.807) is 0 Å². The van der Waals surface area contributed by atoms with Crippen LogP contribution in [0.5, 0.6) is 0 Å². The highest BCUT2D eigenvalue weighted by molar-refractivity contribution is 5.31. The van der Waals surface area contributed by atoms with Crippen LogP contribution in [0.3, 0.4) is 0 Å². The summed E-state index contributed by atoms with van der Waals surface area (Å²) in [7, 11) is 0. The summed E-state index contributed by atoms with van der Waals surface area (Å²) in [6.45, 7) is 4.11. The van der Waals surface area contributed by atoms with E-state index in [1.807, 2.05) is 0 Å². The molecule has 2 atom stereocenters. The number of hydrogen-bond donors (Lipinski definition) is 2. The summed E-state index contributed by atoms with van der Waals surface area (Å²) < 4.78 is 0. The van der Waals surface area contributed by atoms with E-state index < -0.39 is 0 Å². The van der Waals surface area contributed by atoms with E-state index >= 15 is 0 Å². The third-order valence-corrected chi connectivity index (χ3v) is 3.62. The second-order valence-corrected chi connectivity index (χ2v) is 4.85. The summed E-state index contributed by atoms with van der Waals surface area (Å²) in [6, 6.07) is 11.5. The van der Waals surface area contributed by atoms with Crippen LogP contribution in [0, 0.1) is 11.3 Å². The van der Waals surface area contributed by atoms with Gasteiger partial charge in [0.15, 0.2) is 0 Å². The molecule has 1 aliphatic rings. The molecule has 0 radical (unpaired) electrons. The maximum Gasteiger partial charge on any atom is 0.0638 e. The molecule has 3 heteroatoms. The minimum Gasteiger partial charge on any atom is -0.313 e. The van der Waals surface area contributed by atoms with Crippen molar-refractivity contribution in [1.29, 1.82) is 5.26 Å². The standard InChI is InChI=1S/C15H21N3/c1-2-13(7-9-16)18-15-8-10-17-11-12-5-3-4-6-14(12)15/h3-6,13,15,17-18H,2,7-8,10-11H2,1H3. The maximum atomic E-state index is 8.85. The van der Waals surface area contributed by atoms with E-state index in [0.29, 0.717) is 18.5 Å². The van der Waals surface area contributed by atoms with Crippen LogP contribution in [0.1, 0.15) is 43.4 Å². The zero-order valence-corrected chi connectivity index (χ0v) is 10.9. The van der Waals surface area contributed by atoms with Crippen LogP contribution < -0.4 is 10.6 Å². The van der Waals surface area contributed by atoms with Crippen molar-refractivity contribution in [2.75, 3.05) is 6.54 Å². The Morgan fingerprint density at radius 3 is 3.11 bits per heavy atom. The second kappa shape index (κ2) is 6.53. The molecule has 18 heavy (non-hydrogen) atoms. The molecule has 1 aliphatic heterocycles. The molecule has 1 aromatic rings. The van der Waals surface area contributed by atoms with Gasteiger partial charge >= 0.3 is 0 Å². The number of benzene rings is 1. The van der Waals surface area contributed by atoms with E-state index in [0.717, 1.165) is 25.9 Å². The molecular weight excluding hydrogens is 222 g/mol. The number of nitrogens with one attached hydrogen (secondary N) is 2. The number of nitrogens with zero attached hydrogens (tertiary/aromatic N) is 1. The number of nitriles is 1. The lowest BCUT2D eigenvalue weighted by atomic mass is 9.98. The molecule has 2 rings (SSSR count). The lowest BCUT2D eigenvalue weighted by molar-refractivity contribution is 0.411. The lowest BCUT2D eigenvalue weighted by Gasteiger charge is -2.24. The van der Waals surface area contributed by atoms with Gasteiger partial charge in [0.25, 0.3) is 0 Å². The van der Waals surface area contributed by atoms with Gasteiger partial charge in [-0.25, -0.2) is 0 Å². The Labute approximate surface area is 109 Å². The minimum atomic E-state index is 0.297. The van der Waals surface area contributed by atoms with E-state index in [4.69, 9.17) is 5.26 Å². The lowest BCUT2D eigenvalue weighted by Crippen LogP contribution is -2.33. The van der Waals surface area contributed by atoms with Crippen molar-refractivity contribution in [3.63, 3.8) is 0 Å². The van der Waals surface area contributed by atoms with Gasteiger partial charge in [-0.2, -0.15) is 5.26 Å². The first-order chi connectivity index (χ1) is 8.85. The molecule has 0 amide bonds. The van der Waals surface area contributed by atoms with Gasteiger partial charge < -0.3 is 10.6 Å². The molecule has 3 nitrogen and oxygen atoms in total. The zero-order valence-electron chi connectivity index (χ0n) is 10.9. The summed E-state index contributed by atoms with van der Waals surface area (Å²) in [5.74, 6) is 0. The van der Waals surface area contributed by atoms with Gasteiger partial charge in [0, 0.05) is 18.6 Å². The molecule has 2 unspecified atom stereocenters. The van der Waals surface area contributed by atoms with Crippen LogP contribution >= 0.6 is 0 Å². The average Bonchev–Trinajstić information content (AvgIpc) is 2.61. The Morgan fingerprint density at radius 2 is 2.33 bits per heavy atom. The van der Waals surface area contributed by atoms with Crippen LogP contribution in [0.4, 0.5) is 0 Å². The molecule has 0 fully saturated rings. The first-order valence-corrected chi connectivity index (χ1v) is 6.76. The van der Waals surface area contributed by atoms with Crippen molar-refractivity contribution in [2.24, 2.45) is 0 Å². The van der Waals surface area contributed by atoms with Crippen LogP contribution in [0.15, 0.2) is 24.3 Å². The van der Waals surface area contributed by atoms with Crippen LogP contribution in [-0.4, -0.2) is 12.6 Å². The fraction of sp³-hybridized carbons (Fsp3) is 0.533. The van der Waals surface area contributed by atoms with Gasteiger partial charge in [-0.05, 0) is 30.5 Å². The topological polar surface area (TPSA) is 47.9 Å². The predicted molar refractivity (Wildman–Crippen MR) is 73.0 cm³/mol. The SMILES string of the molecule is CCC(CC#N)NC1CCNCc2ccccc21. The van der Waals surface area contributed by atoms with Crippen LogP contribution in [-0.2, 0) is 6.54 Å². The Kier molecular flexibility index (Phi) is 4.74. The summed E-state index contributed by atoms with van der Waals surface area (Å²) in [5.41, 5.74) is 2.76. The van der Waals surface area contributed by atoms with Crippen molar-refractivity contribution >= 4 is 0 Å². The molecule has 0 aromatic heterocycles. The van der Waals surface area contributed by atoms with Gasteiger partial charge in [-0.3, -0.25) is 0 Å². The first-order valence-electron chi connectivity index (χ1n) is 6.76. The molecular formula is C15H21N3. The van der Waals surface area contributed by atoms with Gasteiger partial charge in [0.1, 0.15) is 0 Å². The molecule has 1 aromatic carbocycles. The smallest absolute Gasteiger partial charge is 0.0638 e. The highest BCUT2D eigenvalue weighted by Gasteiger charge is 2.20. The summed E-state index contributed by atoms with van der Waals surface area (Å²) >= 11 is 0. The molecule has 1 heterocycles. The molecule has 0 saturated carbocycles. The molecule has 2 N–H and O–H groups in total. The normalized spacial score (nSPS) is 20.6. The third-order valence-electron chi connectivity index (χ3n) is 3.62. The molecule has 0 spiro atoms. The highest BCUT2D eigenvalue weighted by Crippen LogP contribution is 2.24. The second-order valence-electron chi connectivity index (χ2n) is 4.85. The molecule has 0 saturated heterocycles. The number of fused-ring (bicyclic) bond motifs is 1. The molecule has 0 aliphatic carbocycles. The zero-order chi connectivity index (χ0) is 12.8. The molecule has 0 bridgehead atoms. The minimum absolute atomic E-state index is 0.297. The first kappa shape index (κ1) is 13.1. The summed E-state index contributed by atoms with van der Waals surface area (Å²) in [4.78, 5) is 0. The monoisotopic (exact) mass is 243 g/mol. The van der Waals surface area contributed by atoms with Crippen molar-refractivity contribution in [2.45, 2.75) is 44.8 Å². The highest BCUT2D eigenvalue weighted by atomic mass is 15.0. The maximum absolute atomic E-state index is 8.85. The van der Waals surface area contributed by atoms with Gasteiger partial charge in [0.2, 0.25) is 0 Å². The fourth-order valence-corrected chi connectivity index (χ4v) is 2.55. The van der Waals surface area contributed by atoms with Crippen molar-refractivity contribution < 1.29 is 0 Å². The fourth-order valence-electron chi connectivity index (χ4n) is 2.55. The van der Waals surface area contributed by atoms with Crippen molar-refractivity contribution in [3.8, 4) is 6.07 Å². The Hall–Kier alpha value is -1.37. The Balaban J connectivity index is 2.15. The largest absolute Gasteiger partial charge is 0.313 e. The quantitative estimate of drug-likeness (QED) is 0.854. The van der Waals surface area contributed by atoms with Gasteiger partial charge in [-0.15, -0.1) is 0 Å². The Morgan fingerprint density at radius 1 is 1.50 bits per heavy atom. The van der Waals surface area contributed by atoms with Crippen LogP contribution in [0.2, 0.25) is 0 Å². The summed E-state index contributed by atoms with van der Waals surface area (Å²) in [5, 5.41) is 15.9. The van der Waals surface area contributed by atoms with Crippen LogP contribution in [0.25, 0.3) is 0 Å².